The number of amides is 6. The molecule has 36 N–H and O–H groups in total. The number of hydrogen-bond donors (Lipinski definition) is 24. The number of carbonyl (C=O) groups is 14. The zero-order valence-electron chi connectivity index (χ0n) is 70.3. The van der Waals surface area contributed by atoms with Gasteiger partial charge in [0.2, 0.25) is 0 Å². The van der Waals surface area contributed by atoms with Gasteiger partial charge in [-0.1, -0.05) is 203 Å². The standard InChI is InChI=1S/3C23H30N2O10Si2.C8H14O4.Eu.6H2O/c3*26-19(17-9-3-1-4-10-17)23(20(27)18-11-5-2-6-12-18,21(28)24-13-7-15-36(30,31)32)22(29)25-14-8-16-37(33,34)35;1-5(6(9)10)4-8(2,3)7(11)12;;;;;;;/h3*1-6,9-12,30-35H,7-8,13-16H2,(H,24,28)(H,25,29);5H,4H2,1-3H3,(H,9,10)(H,11,12);;6*1H2/q;;;;+3;;;;;;/p-2. The Bertz CT molecular complexity index is 3850. The number of rotatable bonds is 46. The van der Waals surface area contributed by atoms with E-state index in [0.717, 1.165) is 0 Å². The van der Waals surface area contributed by atoms with E-state index in [1.54, 1.807) is 36.4 Å². The van der Waals surface area contributed by atoms with Gasteiger partial charge in [0.25, 0.3) is 51.7 Å². The minimum absolute atomic E-state index is 0. The third-order valence-electron chi connectivity index (χ3n) is 17.9. The molecule has 722 valence electrons. The van der Waals surface area contributed by atoms with Gasteiger partial charge in [0, 0.05) is 126 Å². The van der Waals surface area contributed by atoms with E-state index in [9.17, 15) is 164 Å². The van der Waals surface area contributed by atoms with Crippen molar-refractivity contribution in [2.45, 2.75) is 102 Å². The zero-order valence-corrected chi connectivity index (χ0v) is 78.7. The summed E-state index contributed by atoms with van der Waals surface area (Å²) in [6.07, 6.45) is -0.674. The van der Waals surface area contributed by atoms with E-state index in [1.165, 1.54) is 166 Å². The normalized spacial score (nSPS) is 11.6. The molecule has 46 nitrogen and oxygen atoms in total. The smallest absolute Gasteiger partial charge is 0.550 e. The Morgan fingerprint density at radius 3 is 0.508 bits per heavy atom. The second-order valence-electron chi connectivity index (χ2n) is 28.8. The molecule has 0 aliphatic rings. The fourth-order valence-electron chi connectivity index (χ4n) is 11.6. The van der Waals surface area contributed by atoms with Crippen LogP contribution >= 0.6 is 0 Å². The van der Waals surface area contributed by atoms with E-state index in [4.69, 9.17) is 0 Å². The van der Waals surface area contributed by atoms with Crippen LogP contribution in [0, 0.1) is 77.0 Å². The molecule has 0 saturated carbocycles. The van der Waals surface area contributed by atoms with Gasteiger partial charge in [-0.3, -0.25) is 57.5 Å². The first-order valence-electron chi connectivity index (χ1n) is 37.9. The number of aliphatic carboxylic acids is 2. The number of benzene rings is 6. The second kappa shape index (κ2) is 59.5. The Labute approximate surface area is 791 Å². The molecule has 0 radical (unpaired) electrons. The summed E-state index contributed by atoms with van der Waals surface area (Å²) in [5.41, 5.74) is -10.5. The Morgan fingerprint density at radius 2 is 0.400 bits per heavy atom. The predicted molar refractivity (Wildman–Crippen MR) is 460 cm³/mol. The van der Waals surface area contributed by atoms with Crippen LogP contribution in [-0.2, 0) is 38.4 Å². The molecule has 6 aromatic rings. The van der Waals surface area contributed by atoms with Crippen LogP contribution in [0.2, 0.25) is 36.3 Å². The number of hydrogen-bond acceptors (Lipinski definition) is 34. The van der Waals surface area contributed by atoms with Crippen LogP contribution < -0.4 is 42.1 Å². The summed E-state index contributed by atoms with van der Waals surface area (Å²) in [7, 11) is -26.4. The number of ketones is 6. The summed E-state index contributed by atoms with van der Waals surface area (Å²) in [6.45, 7) is 2.54. The van der Waals surface area contributed by atoms with E-state index in [1.807, 2.05) is 0 Å². The molecule has 0 aromatic heterocycles. The van der Waals surface area contributed by atoms with Crippen molar-refractivity contribution in [3.8, 4) is 0 Å². The molecule has 0 saturated heterocycles. The fourth-order valence-corrected chi connectivity index (χ4v) is 15.5. The van der Waals surface area contributed by atoms with Crippen molar-refractivity contribution in [1.82, 2.24) is 31.9 Å². The first-order valence-corrected chi connectivity index (χ1v) is 50.2. The number of carboxylic acid groups (broad SMARTS) is 2. The minimum Gasteiger partial charge on any atom is -0.550 e. The van der Waals surface area contributed by atoms with Crippen LogP contribution in [0.3, 0.4) is 0 Å². The summed E-state index contributed by atoms with van der Waals surface area (Å²) < 4.78 is 0. The average molecular weight is 2080 g/mol. The molecular formula is C77H114EuN6O40Si6+. The van der Waals surface area contributed by atoms with Gasteiger partial charge < -0.3 is 171 Å². The Hall–Kier alpha value is -8.97. The number of carboxylic acids is 2. The van der Waals surface area contributed by atoms with Gasteiger partial charge >= 0.3 is 102 Å². The monoisotopic (exact) mass is 2080 g/mol. The second-order valence-corrected chi connectivity index (χ2v) is 41.1. The van der Waals surface area contributed by atoms with E-state index >= 15 is 0 Å². The van der Waals surface area contributed by atoms with Crippen molar-refractivity contribution in [2.24, 2.45) is 27.6 Å². The molecule has 0 heterocycles. The molecule has 0 fully saturated rings. The first-order chi connectivity index (χ1) is 57.1. The molecule has 0 aliphatic heterocycles. The average Bonchev–Trinajstić information content (AvgIpc) is 0.757. The first kappa shape index (κ1) is 130. The van der Waals surface area contributed by atoms with Crippen LogP contribution in [0.4, 0.5) is 0 Å². The molecule has 130 heavy (non-hydrogen) atoms. The van der Waals surface area contributed by atoms with E-state index in [2.05, 4.69) is 31.9 Å². The van der Waals surface area contributed by atoms with Crippen LogP contribution in [0.5, 0.6) is 0 Å². The molecule has 0 aliphatic carbocycles. The topological polar surface area (TPSA) is 910 Å². The molecule has 53 heteroatoms. The molecule has 1 unspecified atom stereocenters. The summed E-state index contributed by atoms with van der Waals surface area (Å²) in [5.74, 6) is -17.5. The van der Waals surface area contributed by atoms with Crippen molar-refractivity contribution >= 4 is 135 Å². The van der Waals surface area contributed by atoms with Crippen molar-refractivity contribution in [3.63, 3.8) is 0 Å². The van der Waals surface area contributed by atoms with Crippen LogP contribution in [-0.4, -0.2) is 293 Å². The van der Waals surface area contributed by atoms with Gasteiger partial charge in [-0.25, -0.2) is 0 Å². The molecule has 0 spiro atoms. The van der Waals surface area contributed by atoms with Gasteiger partial charge in [-0.15, -0.1) is 0 Å². The Kier molecular flexibility index (Phi) is 59.3. The zero-order chi connectivity index (χ0) is 93.0. The molecule has 1 atom stereocenters. The maximum Gasteiger partial charge on any atom is 3.00 e. The molecular weight excluding hydrogens is 1970 g/mol. The Morgan fingerprint density at radius 1 is 0.269 bits per heavy atom. The van der Waals surface area contributed by atoms with Crippen LogP contribution in [0.1, 0.15) is 128 Å². The maximum absolute atomic E-state index is 13.8. The van der Waals surface area contributed by atoms with Crippen molar-refractivity contribution in [2.75, 3.05) is 39.3 Å². The summed E-state index contributed by atoms with van der Waals surface area (Å²) in [6, 6.07) is 40.9. The molecule has 6 amide bonds. The number of nitrogens with one attached hydrogen (secondary N) is 6. The van der Waals surface area contributed by atoms with Crippen LogP contribution in [0.15, 0.2) is 182 Å². The predicted octanol–water partition coefficient (Wildman–Crippen LogP) is -10.7. The minimum atomic E-state index is -4.41. The quantitative estimate of drug-likeness (QED) is 0.00730. The molecule has 6 aromatic carbocycles. The van der Waals surface area contributed by atoms with Gasteiger partial charge in [-0.05, 0) is 50.9 Å². The third kappa shape index (κ3) is 42.3. The third-order valence-corrected chi connectivity index (χ3v) is 24.1. The van der Waals surface area contributed by atoms with Gasteiger partial charge in [0.15, 0.2) is 34.7 Å². The van der Waals surface area contributed by atoms with Crippen molar-refractivity contribution in [3.05, 3.63) is 215 Å². The maximum atomic E-state index is 13.8. The van der Waals surface area contributed by atoms with Gasteiger partial charge in [0.1, 0.15) is 0 Å². The summed E-state index contributed by atoms with van der Waals surface area (Å²) in [4.78, 5) is 350. The van der Waals surface area contributed by atoms with E-state index in [-0.39, 0.29) is 200 Å². The SMILES string of the molecule is CC(CC(C)(C)C(=O)[O-])C(=O)[O-].O.O.O.O.O.O.O=C(NCCC[Si](O)(O)O)C(C(=O)NCCC[Si](O)(O)O)(C(=O)c1ccccc1)C(=O)c1ccccc1.O=C(NCCC[Si](O)(O)O)C(C(=O)NCCC[Si](O)(O)O)(C(=O)c1ccccc1)C(=O)c1ccccc1.O=C(NCCC[Si](O)(O)O)C(C(=O)NCCC[Si](O)(O)O)(C(=O)c1ccccc1)C(=O)c1ccccc1.[Eu+3]. The number of Topliss-reactive ketones (excluding diaryl/α,β-unsaturated/α-hetero) is 6. The largest absolute Gasteiger partial charge is 3.00 e. The summed E-state index contributed by atoms with van der Waals surface area (Å²) in [5, 5.41) is 34.7. The molecule has 0 bridgehead atoms. The van der Waals surface area contributed by atoms with Crippen LogP contribution in [0.25, 0.3) is 0 Å². The fraction of sp³-hybridized carbons (Fsp3) is 0.351. The van der Waals surface area contributed by atoms with E-state index in [0.29, 0.717) is 0 Å². The van der Waals surface area contributed by atoms with E-state index < -0.39 is 199 Å². The summed E-state index contributed by atoms with van der Waals surface area (Å²) >= 11 is 0. The van der Waals surface area contributed by atoms with Gasteiger partial charge in [-0.2, -0.15) is 0 Å². The van der Waals surface area contributed by atoms with Gasteiger partial charge in [0.05, 0.1) is 0 Å². The molecule has 6 rings (SSSR count). The van der Waals surface area contributed by atoms with Crippen molar-refractivity contribution in [1.29, 1.82) is 0 Å². The Balaban J connectivity index is -0.000000550. The number of carbonyl (C=O) groups excluding carboxylic acids is 14. The van der Waals surface area contributed by atoms with Crippen molar-refractivity contribution < 1.29 is 246 Å².